The molecule has 154 valence electrons. The first kappa shape index (κ1) is 29.3. The Hall–Kier alpha value is -2.47. The summed E-state index contributed by atoms with van der Waals surface area (Å²) in [6.45, 7) is 14.2. The first-order chi connectivity index (χ1) is 11.8. The van der Waals surface area contributed by atoms with Crippen molar-refractivity contribution in [1.29, 1.82) is 5.26 Å². The van der Waals surface area contributed by atoms with Gasteiger partial charge >= 0.3 is 12.2 Å². The molecule has 0 heterocycles. The third-order valence-electron chi connectivity index (χ3n) is 2.15. The smallest absolute Gasteiger partial charge is 0.412 e. The largest absolute Gasteiger partial charge is 0.495 e. The summed E-state index contributed by atoms with van der Waals surface area (Å²) in [5.74, 6) is 0.605. The van der Waals surface area contributed by atoms with Crippen LogP contribution in [-0.2, 0) is 9.47 Å². The monoisotopic (exact) mass is 447 g/mol. The van der Waals surface area contributed by atoms with Gasteiger partial charge in [-0.2, -0.15) is 0 Å². The molecule has 2 amide bonds. The van der Waals surface area contributed by atoms with Gasteiger partial charge < -0.3 is 19.9 Å². The zero-order valence-electron chi connectivity index (χ0n) is 16.9. The van der Waals surface area contributed by atoms with Crippen LogP contribution in [0.5, 0.6) is 5.75 Å². The summed E-state index contributed by atoms with van der Waals surface area (Å²) in [6, 6.07) is 7.17. The second-order valence-electron chi connectivity index (χ2n) is 6.86. The Kier molecular flexibility index (Phi) is 14.9. The quantitative estimate of drug-likeness (QED) is 0.679. The Bertz CT molecular complexity index is 593. The van der Waals surface area contributed by atoms with Crippen molar-refractivity contribution in [2.24, 2.45) is 5.73 Å². The standard InChI is InChI=1S/C12H17NO3.C5H11NO2.CHN.BrH/c1-12(2,3)16-11(14)13-9-7-5-6-8-10(9)15-4;1-5(2,3)8-4(6)7;1-2;/h5-8H,1-4H3,(H,13,14);1-3H3,(H2,6,7);1H;1H. The van der Waals surface area contributed by atoms with E-state index in [4.69, 9.17) is 20.5 Å². The number of ether oxygens (including phenoxy) is 3. The lowest BCUT2D eigenvalue weighted by atomic mass is 10.2. The lowest BCUT2D eigenvalue weighted by molar-refractivity contribution is 0.0596. The third-order valence-corrected chi connectivity index (χ3v) is 2.15. The van der Waals surface area contributed by atoms with E-state index in [1.807, 2.05) is 32.9 Å². The van der Waals surface area contributed by atoms with E-state index in [1.165, 1.54) is 0 Å². The summed E-state index contributed by atoms with van der Waals surface area (Å²) in [5.41, 5.74) is 4.35. The summed E-state index contributed by atoms with van der Waals surface area (Å²) < 4.78 is 14.8. The van der Waals surface area contributed by atoms with Gasteiger partial charge in [0, 0.05) is 6.57 Å². The Morgan fingerprint density at radius 1 is 1.00 bits per heavy atom. The third kappa shape index (κ3) is 18.1. The Balaban J connectivity index is -0.000000447. The van der Waals surface area contributed by atoms with Crippen molar-refractivity contribution in [3.63, 3.8) is 0 Å². The molecule has 9 heteroatoms. The van der Waals surface area contributed by atoms with Crippen molar-refractivity contribution < 1.29 is 23.8 Å². The number of carbonyl (C=O) groups excluding carboxylic acids is 2. The summed E-state index contributed by atoms with van der Waals surface area (Å²) in [7, 11) is 1.55. The maximum absolute atomic E-state index is 11.5. The lowest BCUT2D eigenvalue weighted by Crippen LogP contribution is -2.27. The van der Waals surface area contributed by atoms with E-state index in [0.29, 0.717) is 11.4 Å². The number of hydrogen-bond donors (Lipinski definition) is 2. The number of rotatable bonds is 2. The van der Waals surface area contributed by atoms with E-state index in [1.54, 1.807) is 40.0 Å². The molecule has 1 aromatic carbocycles. The predicted molar refractivity (Wildman–Crippen MR) is 110 cm³/mol. The van der Waals surface area contributed by atoms with Gasteiger partial charge in [-0.25, -0.2) is 14.9 Å². The van der Waals surface area contributed by atoms with Crippen molar-refractivity contribution in [2.45, 2.75) is 52.7 Å². The molecule has 0 bridgehead atoms. The fourth-order valence-corrected chi connectivity index (χ4v) is 1.46. The molecule has 8 nitrogen and oxygen atoms in total. The molecular formula is C18H30BrN3O5. The molecule has 27 heavy (non-hydrogen) atoms. The molecule has 3 N–H and O–H groups in total. The van der Waals surface area contributed by atoms with Gasteiger partial charge in [0.05, 0.1) is 12.8 Å². The minimum absolute atomic E-state index is 0. The minimum atomic E-state index is -0.725. The normalized spacial score (nSPS) is 9.67. The van der Waals surface area contributed by atoms with Crippen LogP contribution in [-0.4, -0.2) is 30.5 Å². The number of benzene rings is 1. The average molecular weight is 448 g/mol. The van der Waals surface area contributed by atoms with Gasteiger partial charge in [0.2, 0.25) is 0 Å². The number of nitrogens with zero attached hydrogens (tertiary/aromatic N) is 1. The topological polar surface area (TPSA) is 124 Å². The zero-order valence-corrected chi connectivity index (χ0v) is 18.6. The van der Waals surface area contributed by atoms with Crippen LogP contribution in [0, 0.1) is 11.8 Å². The number of anilines is 1. The maximum Gasteiger partial charge on any atom is 0.412 e. The van der Waals surface area contributed by atoms with Crippen LogP contribution >= 0.6 is 17.0 Å². The van der Waals surface area contributed by atoms with E-state index >= 15 is 0 Å². The van der Waals surface area contributed by atoms with Crippen molar-refractivity contribution >= 4 is 34.9 Å². The number of halogens is 1. The molecule has 0 saturated carbocycles. The highest BCUT2D eigenvalue weighted by molar-refractivity contribution is 8.93. The number of methoxy groups -OCH3 is 1. The number of primary amides is 1. The Labute approximate surface area is 171 Å². The van der Waals surface area contributed by atoms with Gasteiger partial charge in [-0.3, -0.25) is 5.32 Å². The Morgan fingerprint density at radius 3 is 1.78 bits per heavy atom. The highest BCUT2D eigenvalue weighted by atomic mass is 79.9. The van der Waals surface area contributed by atoms with Gasteiger partial charge in [0.25, 0.3) is 0 Å². The van der Waals surface area contributed by atoms with Gasteiger partial charge in [-0.05, 0) is 53.7 Å². The number of nitriles is 1. The van der Waals surface area contributed by atoms with Crippen LogP contribution in [0.3, 0.4) is 0 Å². The number of nitrogens with one attached hydrogen (secondary N) is 1. The van der Waals surface area contributed by atoms with E-state index in [9.17, 15) is 9.59 Å². The fourth-order valence-electron chi connectivity index (χ4n) is 1.46. The average Bonchev–Trinajstić information content (AvgIpc) is 2.46. The van der Waals surface area contributed by atoms with Gasteiger partial charge in [-0.1, -0.05) is 12.1 Å². The van der Waals surface area contributed by atoms with Crippen LogP contribution in [0.15, 0.2) is 24.3 Å². The number of hydrogen-bond acceptors (Lipinski definition) is 6. The molecule has 1 rings (SSSR count). The van der Waals surface area contributed by atoms with Gasteiger partial charge in [0.15, 0.2) is 0 Å². The van der Waals surface area contributed by atoms with Crippen molar-refractivity contribution in [1.82, 2.24) is 0 Å². The molecule has 1 aromatic rings. The second-order valence-corrected chi connectivity index (χ2v) is 6.86. The number of nitrogens with two attached hydrogens (primary N) is 1. The SMILES string of the molecule is Br.C#N.CC(C)(C)OC(N)=O.COc1ccccc1NC(=O)OC(C)(C)C. The van der Waals surface area contributed by atoms with Gasteiger partial charge in [0.1, 0.15) is 17.0 Å². The molecule has 0 unspecified atom stereocenters. The number of para-hydroxylation sites is 2. The fraction of sp³-hybridized carbons (Fsp3) is 0.500. The van der Waals surface area contributed by atoms with Crippen LogP contribution < -0.4 is 15.8 Å². The number of amides is 2. The van der Waals surface area contributed by atoms with Crippen molar-refractivity contribution in [3.8, 4) is 12.3 Å². The summed E-state index contributed by atoms with van der Waals surface area (Å²) >= 11 is 0. The maximum atomic E-state index is 11.5. The highest BCUT2D eigenvalue weighted by Gasteiger charge is 2.17. The zero-order chi connectivity index (χ0) is 21.0. The van der Waals surface area contributed by atoms with Crippen LogP contribution in [0.25, 0.3) is 0 Å². The summed E-state index contributed by atoms with van der Waals surface area (Å²) in [6.07, 6.45) is -1.21. The van der Waals surface area contributed by atoms with Gasteiger partial charge in [-0.15, -0.1) is 17.0 Å². The van der Waals surface area contributed by atoms with Crippen LogP contribution in [0.2, 0.25) is 0 Å². The molecule has 0 aliphatic rings. The number of carbonyl (C=O) groups is 2. The van der Waals surface area contributed by atoms with Crippen molar-refractivity contribution in [3.05, 3.63) is 24.3 Å². The Morgan fingerprint density at radius 2 is 1.44 bits per heavy atom. The molecule has 0 aromatic heterocycles. The molecule has 0 aliphatic carbocycles. The molecular weight excluding hydrogens is 418 g/mol. The summed E-state index contributed by atoms with van der Waals surface area (Å²) in [4.78, 5) is 21.5. The highest BCUT2D eigenvalue weighted by Crippen LogP contribution is 2.23. The molecule has 0 radical (unpaired) electrons. The van der Waals surface area contributed by atoms with E-state index in [-0.39, 0.29) is 17.0 Å². The first-order valence-corrected chi connectivity index (χ1v) is 7.71. The summed E-state index contributed by atoms with van der Waals surface area (Å²) in [5, 5.41) is 9.13. The molecule has 0 fully saturated rings. The molecule has 0 atom stereocenters. The van der Waals surface area contributed by atoms with E-state index < -0.39 is 23.4 Å². The minimum Gasteiger partial charge on any atom is -0.495 e. The lowest BCUT2D eigenvalue weighted by Gasteiger charge is -2.20. The van der Waals surface area contributed by atoms with Crippen LogP contribution in [0.1, 0.15) is 41.5 Å². The predicted octanol–water partition coefficient (Wildman–Crippen LogP) is 4.64. The van der Waals surface area contributed by atoms with E-state index in [0.717, 1.165) is 0 Å². The molecule has 0 saturated heterocycles. The molecule has 0 aliphatic heterocycles. The second kappa shape index (κ2) is 13.7. The van der Waals surface area contributed by atoms with Crippen molar-refractivity contribution in [2.75, 3.05) is 12.4 Å². The van der Waals surface area contributed by atoms with Crippen LogP contribution in [0.4, 0.5) is 15.3 Å². The van der Waals surface area contributed by atoms with E-state index in [2.05, 4.69) is 16.6 Å². The first-order valence-electron chi connectivity index (χ1n) is 7.71. The molecule has 0 spiro atoms.